The van der Waals surface area contributed by atoms with E-state index in [2.05, 4.69) is 10.3 Å². The Kier molecular flexibility index (Phi) is 5.36. The summed E-state index contributed by atoms with van der Waals surface area (Å²) in [4.78, 5) is 17.3. The number of amides is 1. The van der Waals surface area contributed by atoms with Crippen molar-refractivity contribution in [2.24, 2.45) is 0 Å². The highest BCUT2D eigenvalue weighted by molar-refractivity contribution is 7.15. The Morgan fingerprint density at radius 1 is 1.08 bits per heavy atom. The summed E-state index contributed by atoms with van der Waals surface area (Å²) in [6.07, 6.45) is 1.45. The third kappa shape index (κ3) is 4.28. The van der Waals surface area contributed by atoms with Crippen LogP contribution in [0.5, 0.6) is 0 Å². The molecular weight excluding hydrogens is 320 g/mol. The van der Waals surface area contributed by atoms with Crippen LogP contribution in [0.4, 0.5) is 5.13 Å². The number of hydrogen-bond donors (Lipinski definition) is 1. The van der Waals surface area contributed by atoms with Crippen LogP contribution in [-0.2, 0) is 9.53 Å². The quantitative estimate of drug-likeness (QED) is 0.733. The molecule has 0 spiro atoms. The fourth-order valence-electron chi connectivity index (χ4n) is 2.37. The standard InChI is InChI=1S/C19H18N2O2S/c1-14-12-20-19(24-14)21-17(22)13-23-18(15-8-4-2-5-9-15)16-10-6-3-7-11-16/h2-12,18H,13H2,1H3,(H,20,21,22). The molecule has 0 aliphatic heterocycles. The number of hydrogen-bond acceptors (Lipinski definition) is 4. The maximum absolute atomic E-state index is 12.1. The van der Waals surface area contributed by atoms with Crippen molar-refractivity contribution in [2.75, 3.05) is 11.9 Å². The molecule has 5 heteroatoms. The molecule has 0 unspecified atom stereocenters. The second-order valence-electron chi connectivity index (χ2n) is 5.34. The Bertz CT molecular complexity index is 748. The van der Waals surface area contributed by atoms with Crippen molar-refractivity contribution in [1.29, 1.82) is 0 Å². The third-order valence-electron chi connectivity index (χ3n) is 3.45. The number of carbonyl (C=O) groups excluding carboxylic acids is 1. The molecule has 0 fully saturated rings. The van der Waals surface area contributed by atoms with Gasteiger partial charge in [0.05, 0.1) is 0 Å². The second kappa shape index (κ2) is 7.86. The van der Waals surface area contributed by atoms with Crippen LogP contribution in [0.2, 0.25) is 0 Å². The van der Waals surface area contributed by atoms with Crippen LogP contribution in [-0.4, -0.2) is 17.5 Å². The van der Waals surface area contributed by atoms with Crippen LogP contribution in [0.15, 0.2) is 66.9 Å². The number of nitrogens with zero attached hydrogens (tertiary/aromatic N) is 1. The summed E-state index contributed by atoms with van der Waals surface area (Å²) >= 11 is 1.44. The number of aromatic nitrogens is 1. The van der Waals surface area contributed by atoms with Gasteiger partial charge in [0.1, 0.15) is 12.7 Å². The first-order valence-corrected chi connectivity index (χ1v) is 8.48. The fraction of sp³-hybridized carbons (Fsp3) is 0.158. The molecule has 1 heterocycles. The van der Waals surface area contributed by atoms with Crippen LogP contribution in [0.3, 0.4) is 0 Å². The lowest BCUT2D eigenvalue weighted by molar-refractivity contribution is -0.121. The number of thiazole rings is 1. The van der Waals surface area contributed by atoms with Gasteiger partial charge in [0, 0.05) is 11.1 Å². The highest BCUT2D eigenvalue weighted by Crippen LogP contribution is 2.25. The van der Waals surface area contributed by atoms with Crippen molar-refractivity contribution in [3.63, 3.8) is 0 Å². The van der Waals surface area contributed by atoms with Crippen molar-refractivity contribution in [3.8, 4) is 0 Å². The van der Waals surface area contributed by atoms with Gasteiger partial charge in [-0.2, -0.15) is 0 Å². The van der Waals surface area contributed by atoms with Gasteiger partial charge in [0.2, 0.25) is 0 Å². The SMILES string of the molecule is Cc1cnc(NC(=O)COC(c2ccccc2)c2ccccc2)s1. The van der Waals surface area contributed by atoms with Gasteiger partial charge in [-0.05, 0) is 18.1 Å². The Hall–Kier alpha value is -2.50. The molecule has 0 saturated carbocycles. The van der Waals surface area contributed by atoms with E-state index in [9.17, 15) is 4.79 Å². The molecule has 0 atom stereocenters. The Morgan fingerprint density at radius 2 is 1.67 bits per heavy atom. The van der Waals surface area contributed by atoms with E-state index >= 15 is 0 Å². The molecule has 24 heavy (non-hydrogen) atoms. The zero-order valence-corrected chi connectivity index (χ0v) is 14.1. The van der Waals surface area contributed by atoms with Gasteiger partial charge in [0.25, 0.3) is 5.91 Å². The number of aryl methyl sites for hydroxylation is 1. The third-order valence-corrected chi connectivity index (χ3v) is 4.28. The lowest BCUT2D eigenvalue weighted by atomic mass is 10.0. The van der Waals surface area contributed by atoms with Crippen LogP contribution in [0.1, 0.15) is 22.1 Å². The predicted octanol–water partition coefficient (Wildman–Crippen LogP) is 4.20. The molecule has 1 aromatic heterocycles. The lowest BCUT2D eigenvalue weighted by Gasteiger charge is -2.18. The average molecular weight is 338 g/mol. The van der Waals surface area contributed by atoms with Crippen molar-refractivity contribution in [3.05, 3.63) is 82.9 Å². The zero-order valence-electron chi connectivity index (χ0n) is 13.3. The van der Waals surface area contributed by atoms with Crippen molar-refractivity contribution < 1.29 is 9.53 Å². The van der Waals surface area contributed by atoms with Crippen LogP contribution >= 0.6 is 11.3 Å². The summed E-state index contributed by atoms with van der Waals surface area (Å²) in [7, 11) is 0. The molecule has 3 aromatic rings. The van der Waals surface area contributed by atoms with E-state index in [0.717, 1.165) is 16.0 Å². The number of carbonyl (C=O) groups is 1. The van der Waals surface area contributed by atoms with Gasteiger partial charge in [-0.1, -0.05) is 60.7 Å². The fourth-order valence-corrected chi connectivity index (χ4v) is 3.05. The number of nitrogens with one attached hydrogen (secondary N) is 1. The maximum Gasteiger partial charge on any atom is 0.252 e. The molecule has 0 saturated heterocycles. The van der Waals surface area contributed by atoms with Crippen LogP contribution < -0.4 is 5.32 Å². The Balaban J connectivity index is 1.69. The van der Waals surface area contributed by atoms with E-state index in [-0.39, 0.29) is 18.6 Å². The summed E-state index contributed by atoms with van der Waals surface area (Å²) in [5.41, 5.74) is 2.03. The minimum absolute atomic E-state index is 0.0346. The normalized spacial score (nSPS) is 10.8. The molecule has 2 aromatic carbocycles. The van der Waals surface area contributed by atoms with Crippen molar-refractivity contribution in [2.45, 2.75) is 13.0 Å². The first-order chi connectivity index (χ1) is 11.7. The monoisotopic (exact) mass is 338 g/mol. The number of benzene rings is 2. The second-order valence-corrected chi connectivity index (χ2v) is 6.57. The number of rotatable bonds is 6. The summed E-state index contributed by atoms with van der Waals surface area (Å²) in [6, 6.07) is 19.8. The predicted molar refractivity (Wildman–Crippen MR) is 96.2 cm³/mol. The Morgan fingerprint density at radius 3 is 2.17 bits per heavy atom. The highest BCUT2D eigenvalue weighted by Gasteiger charge is 2.16. The van der Waals surface area contributed by atoms with Crippen molar-refractivity contribution >= 4 is 22.4 Å². The first-order valence-electron chi connectivity index (χ1n) is 7.66. The summed E-state index contributed by atoms with van der Waals surface area (Å²) in [5.74, 6) is -0.207. The Labute approximate surface area is 145 Å². The van der Waals surface area contributed by atoms with E-state index in [1.165, 1.54) is 11.3 Å². The van der Waals surface area contributed by atoms with Crippen molar-refractivity contribution in [1.82, 2.24) is 4.98 Å². The molecule has 1 N–H and O–H groups in total. The topological polar surface area (TPSA) is 51.2 Å². The molecule has 0 radical (unpaired) electrons. The average Bonchev–Trinajstić information content (AvgIpc) is 3.02. The summed E-state index contributed by atoms with van der Waals surface area (Å²) in [6.45, 7) is 1.91. The van der Waals surface area contributed by atoms with E-state index in [0.29, 0.717) is 5.13 Å². The van der Waals surface area contributed by atoms with Crippen LogP contribution in [0, 0.1) is 6.92 Å². The van der Waals surface area contributed by atoms with E-state index in [1.54, 1.807) is 6.20 Å². The molecule has 0 aliphatic rings. The van der Waals surface area contributed by atoms with Gasteiger partial charge in [-0.3, -0.25) is 10.1 Å². The van der Waals surface area contributed by atoms with E-state index in [1.807, 2.05) is 67.6 Å². The smallest absolute Gasteiger partial charge is 0.252 e. The molecule has 0 aliphatic carbocycles. The molecular formula is C19H18N2O2S. The van der Waals surface area contributed by atoms with Crippen LogP contribution in [0.25, 0.3) is 0 Å². The van der Waals surface area contributed by atoms with Gasteiger partial charge in [-0.25, -0.2) is 4.98 Å². The molecule has 122 valence electrons. The van der Waals surface area contributed by atoms with Gasteiger partial charge >= 0.3 is 0 Å². The first kappa shape index (κ1) is 16.4. The number of ether oxygens (including phenoxy) is 1. The molecule has 3 rings (SSSR count). The molecule has 4 nitrogen and oxygen atoms in total. The maximum atomic E-state index is 12.1. The summed E-state index contributed by atoms with van der Waals surface area (Å²) in [5, 5.41) is 3.36. The summed E-state index contributed by atoms with van der Waals surface area (Å²) < 4.78 is 5.92. The van der Waals surface area contributed by atoms with Gasteiger partial charge < -0.3 is 4.74 Å². The minimum Gasteiger partial charge on any atom is -0.359 e. The molecule has 0 bridgehead atoms. The molecule has 1 amide bonds. The minimum atomic E-state index is -0.281. The largest absolute Gasteiger partial charge is 0.359 e. The van der Waals surface area contributed by atoms with E-state index < -0.39 is 0 Å². The van der Waals surface area contributed by atoms with Gasteiger partial charge in [-0.15, -0.1) is 11.3 Å². The number of anilines is 1. The van der Waals surface area contributed by atoms with E-state index in [4.69, 9.17) is 4.74 Å². The zero-order chi connectivity index (χ0) is 16.8. The highest BCUT2D eigenvalue weighted by atomic mass is 32.1. The lowest BCUT2D eigenvalue weighted by Crippen LogP contribution is -2.20. The van der Waals surface area contributed by atoms with Gasteiger partial charge in [0.15, 0.2) is 5.13 Å².